The van der Waals surface area contributed by atoms with Crippen LogP contribution >= 0.6 is 0 Å². The lowest BCUT2D eigenvalue weighted by molar-refractivity contribution is -0.385. The molecule has 0 saturated carbocycles. The molecule has 0 bridgehead atoms. The first-order valence-electron chi connectivity index (χ1n) is 6.22. The molecule has 0 saturated heterocycles. The summed E-state index contributed by atoms with van der Waals surface area (Å²) in [5.41, 5.74) is -0.973. The number of hydrogen-bond acceptors (Lipinski definition) is 6. The monoisotopic (exact) mass is 299 g/mol. The largest absolute Gasteiger partial charge is 0.493 e. The molecule has 0 fully saturated rings. The second-order valence-corrected chi connectivity index (χ2v) is 4.13. The van der Waals surface area contributed by atoms with Crippen LogP contribution in [0.25, 0.3) is 0 Å². The van der Waals surface area contributed by atoms with Crippen LogP contribution in [0.2, 0.25) is 0 Å². The number of carbonyl (C=O) groups is 1. The number of nitro benzene ring substituents is 1. The van der Waals surface area contributed by atoms with Crippen molar-refractivity contribution in [3.8, 4) is 11.5 Å². The minimum absolute atomic E-state index is 0.143. The number of carboxylic acids is 1. The minimum Gasteiger partial charge on any atom is -0.493 e. The Morgan fingerprint density at radius 1 is 1.24 bits per heavy atom. The number of nitrogens with zero attached hydrogens (tertiary/aromatic N) is 1. The van der Waals surface area contributed by atoms with Crippen molar-refractivity contribution in [3.63, 3.8) is 0 Å². The van der Waals surface area contributed by atoms with Crippen molar-refractivity contribution >= 4 is 11.7 Å². The van der Waals surface area contributed by atoms with Gasteiger partial charge in [0.25, 0.3) is 5.69 Å². The van der Waals surface area contributed by atoms with Crippen molar-refractivity contribution in [2.45, 2.75) is 12.8 Å². The van der Waals surface area contributed by atoms with E-state index in [1.165, 1.54) is 7.11 Å². The number of unbranched alkanes of at least 4 members (excludes halogenated alkanes) is 1. The Bertz CT molecular complexity index is 515. The molecule has 8 heteroatoms. The van der Waals surface area contributed by atoms with E-state index in [1.807, 2.05) is 0 Å². The maximum atomic E-state index is 11.0. The van der Waals surface area contributed by atoms with E-state index in [4.69, 9.17) is 19.3 Å². The van der Waals surface area contributed by atoms with Crippen LogP contribution in [0.3, 0.4) is 0 Å². The molecule has 1 aromatic carbocycles. The average molecular weight is 299 g/mol. The van der Waals surface area contributed by atoms with Crippen LogP contribution < -0.4 is 9.47 Å². The van der Waals surface area contributed by atoms with Crippen LogP contribution in [0.4, 0.5) is 5.69 Å². The molecule has 1 N–H and O–H groups in total. The first-order valence-corrected chi connectivity index (χ1v) is 6.22. The zero-order valence-corrected chi connectivity index (χ0v) is 11.8. The Kier molecular flexibility index (Phi) is 6.41. The smallest absolute Gasteiger partial charge is 0.342 e. The Labute approximate surface area is 121 Å². The zero-order chi connectivity index (χ0) is 15.8. The summed E-state index contributed by atoms with van der Waals surface area (Å²) < 4.78 is 15.3. The van der Waals surface area contributed by atoms with E-state index < -0.39 is 22.1 Å². The van der Waals surface area contributed by atoms with E-state index >= 15 is 0 Å². The van der Waals surface area contributed by atoms with Crippen molar-refractivity contribution < 1.29 is 29.0 Å². The summed E-state index contributed by atoms with van der Waals surface area (Å²) in [6.45, 7) is 0.919. The zero-order valence-electron chi connectivity index (χ0n) is 11.8. The molecule has 0 aliphatic carbocycles. The predicted molar refractivity (Wildman–Crippen MR) is 73.2 cm³/mol. The van der Waals surface area contributed by atoms with Crippen LogP contribution in [0.1, 0.15) is 23.2 Å². The molecular formula is C13H17NO7. The third-order valence-electron chi connectivity index (χ3n) is 2.71. The van der Waals surface area contributed by atoms with Gasteiger partial charge in [-0.15, -0.1) is 0 Å². The number of ether oxygens (including phenoxy) is 3. The van der Waals surface area contributed by atoms with Crippen molar-refractivity contribution in [1.29, 1.82) is 0 Å². The molecule has 0 amide bonds. The van der Waals surface area contributed by atoms with Gasteiger partial charge in [0.15, 0.2) is 11.5 Å². The predicted octanol–water partition coefficient (Wildman–Crippen LogP) is 2.11. The van der Waals surface area contributed by atoms with Gasteiger partial charge in [0.05, 0.1) is 24.7 Å². The van der Waals surface area contributed by atoms with Crippen molar-refractivity contribution in [3.05, 3.63) is 27.8 Å². The molecule has 1 aromatic rings. The first kappa shape index (κ1) is 16.7. The van der Waals surface area contributed by atoms with Crippen molar-refractivity contribution in [2.24, 2.45) is 0 Å². The second kappa shape index (κ2) is 8.05. The lowest BCUT2D eigenvalue weighted by Crippen LogP contribution is -2.06. The van der Waals surface area contributed by atoms with E-state index in [1.54, 1.807) is 7.11 Å². The standard InChI is InChI=1S/C13H17NO7/c1-19-5-3-4-6-21-12-8-10(14(17)18)9(13(15)16)7-11(12)20-2/h7-8H,3-6H2,1-2H3,(H,15,16). The molecule has 21 heavy (non-hydrogen) atoms. The van der Waals surface area contributed by atoms with Gasteiger partial charge in [-0.2, -0.15) is 0 Å². The number of carboxylic acid groups (broad SMARTS) is 1. The summed E-state index contributed by atoms with van der Waals surface area (Å²) in [4.78, 5) is 21.2. The second-order valence-electron chi connectivity index (χ2n) is 4.13. The number of benzene rings is 1. The minimum atomic E-state index is -1.40. The SMILES string of the molecule is COCCCCOc1cc([N+](=O)[O-])c(C(=O)O)cc1OC. The molecular weight excluding hydrogens is 282 g/mol. The highest BCUT2D eigenvalue weighted by Crippen LogP contribution is 2.34. The van der Waals surface area contributed by atoms with Crippen LogP contribution in [0, 0.1) is 10.1 Å². The summed E-state index contributed by atoms with van der Waals surface area (Å²) >= 11 is 0. The van der Waals surface area contributed by atoms with Gasteiger partial charge < -0.3 is 19.3 Å². The maximum absolute atomic E-state index is 11.0. The molecule has 0 aliphatic rings. The van der Waals surface area contributed by atoms with Gasteiger partial charge in [-0.25, -0.2) is 4.79 Å². The fourth-order valence-electron chi connectivity index (χ4n) is 1.67. The summed E-state index contributed by atoms with van der Waals surface area (Å²) in [6.07, 6.45) is 1.49. The number of aromatic carboxylic acids is 1. The van der Waals surface area contributed by atoms with Gasteiger partial charge in [0, 0.05) is 19.8 Å². The van der Waals surface area contributed by atoms with E-state index in [-0.39, 0.29) is 11.5 Å². The summed E-state index contributed by atoms with van der Waals surface area (Å²) in [6, 6.07) is 2.16. The van der Waals surface area contributed by atoms with Gasteiger partial charge >= 0.3 is 5.97 Å². The highest BCUT2D eigenvalue weighted by molar-refractivity contribution is 5.93. The van der Waals surface area contributed by atoms with Crippen LogP contribution in [0.15, 0.2) is 12.1 Å². The normalized spacial score (nSPS) is 10.2. The summed E-state index contributed by atoms with van der Waals surface area (Å²) in [5.74, 6) is -1.11. The van der Waals surface area contributed by atoms with Crippen LogP contribution in [-0.4, -0.2) is 43.4 Å². The molecule has 0 heterocycles. The van der Waals surface area contributed by atoms with Gasteiger partial charge in [0.2, 0.25) is 0 Å². The average Bonchev–Trinajstić information content (AvgIpc) is 2.46. The molecule has 1 rings (SSSR count). The van der Waals surface area contributed by atoms with Crippen molar-refractivity contribution in [2.75, 3.05) is 27.4 Å². The molecule has 116 valence electrons. The Hall–Kier alpha value is -2.35. The molecule has 8 nitrogen and oxygen atoms in total. The van der Waals surface area contributed by atoms with Crippen molar-refractivity contribution in [1.82, 2.24) is 0 Å². The molecule has 0 unspecified atom stereocenters. The van der Waals surface area contributed by atoms with E-state index in [2.05, 4.69) is 0 Å². The Morgan fingerprint density at radius 3 is 2.43 bits per heavy atom. The van der Waals surface area contributed by atoms with Crippen LogP contribution in [-0.2, 0) is 4.74 Å². The van der Waals surface area contributed by atoms with Crippen LogP contribution in [0.5, 0.6) is 11.5 Å². The molecule has 0 spiro atoms. The van der Waals surface area contributed by atoms with Gasteiger partial charge in [0.1, 0.15) is 5.56 Å². The number of hydrogen-bond donors (Lipinski definition) is 1. The summed E-state index contributed by atoms with van der Waals surface area (Å²) in [5, 5.41) is 19.9. The highest BCUT2D eigenvalue weighted by atomic mass is 16.6. The molecule has 0 aromatic heterocycles. The molecule has 0 radical (unpaired) electrons. The third-order valence-corrected chi connectivity index (χ3v) is 2.71. The van der Waals surface area contributed by atoms with E-state index in [9.17, 15) is 14.9 Å². The fourth-order valence-corrected chi connectivity index (χ4v) is 1.67. The topological polar surface area (TPSA) is 108 Å². The van der Waals surface area contributed by atoms with Gasteiger partial charge in [-0.1, -0.05) is 0 Å². The van der Waals surface area contributed by atoms with E-state index in [0.29, 0.717) is 19.6 Å². The Balaban J connectivity index is 2.94. The van der Waals surface area contributed by atoms with Gasteiger partial charge in [-0.3, -0.25) is 10.1 Å². The number of rotatable bonds is 9. The molecule has 0 atom stereocenters. The number of nitro groups is 1. The first-order chi connectivity index (χ1) is 10.0. The quantitative estimate of drug-likeness (QED) is 0.422. The van der Waals surface area contributed by atoms with Gasteiger partial charge in [-0.05, 0) is 12.8 Å². The lowest BCUT2D eigenvalue weighted by Gasteiger charge is -2.11. The third kappa shape index (κ3) is 4.60. The van der Waals surface area contributed by atoms with E-state index in [0.717, 1.165) is 18.6 Å². The Morgan fingerprint density at radius 2 is 1.90 bits per heavy atom. The summed E-state index contributed by atoms with van der Waals surface area (Å²) in [7, 11) is 2.93. The number of methoxy groups -OCH3 is 2. The maximum Gasteiger partial charge on any atom is 0.342 e. The lowest BCUT2D eigenvalue weighted by atomic mass is 10.1. The highest BCUT2D eigenvalue weighted by Gasteiger charge is 2.24. The molecule has 0 aliphatic heterocycles. The fraction of sp³-hybridized carbons (Fsp3) is 0.462.